The first-order valence-corrected chi connectivity index (χ1v) is 9.91. The van der Waals surface area contributed by atoms with Crippen molar-refractivity contribution in [2.45, 2.75) is 25.3 Å². The van der Waals surface area contributed by atoms with Crippen LogP contribution in [0.3, 0.4) is 0 Å². The summed E-state index contributed by atoms with van der Waals surface area (Å²) in [6.07, 6.45) is 2.60. The van der Waals surface area contributed by atoms with Crippen LogP contribution in [0.4, 0.5) is 8.78 Å². The van der Waals surface area contributed by atoms with Crippen LogP contribution in [0.15, 0.2) is 42.5 Å². The summed E-state index contributed by atoms with van der Waals surface area (Å²) in [6.45, 7) is -0.000151. The Hall–Kier alpha value is -3.49. The first-order valence-electron chi connectivity index (χ1n) is 9.91. The summed E-state index contributed by atoms with van der Waals surface area (Å²) in [7, 11) is 0. The quantitative estimate of drug-likeness (QED) is 0.534. The zero-order chi connectivity index (χ0) is 22.2. The lowest BCUT2D eigenvalue weighted by Gasteiger charge is -2.09. The summed E-state index contributed by atoms with van der Waals surface area (Å²) in [5, 5.41) is 7.81. The average molecular weight is 431 g/mol. The van der Waals surface area contributed by atoms with Gasteiger partial charge in [-0.2, -0.15) is 0 Å². The molecule has 164 valence electrons. The maximum atomic E-state index is 13.1. The van der Waals surface area contributed by atoms with Gasteiger partial charge < -0.3 is 20.7 Å². The van der Waals surface area contributed by atoms with Gasteiger partial charge in [0.2, 0.25) is 5.91 Å². The minimum Gasteiger partial charge on any atom is -0.484 e. The van der Waals surface area contributed by atoms with Crippen LogP contribution in [0.1, 0.15) is 28.8 Å². The summed E-state index contributed by atoms with van der Waals surface area (Å²) < 4.78 is 31.7. The van der Waals surface area contributed by atoms with Crippen LogP contribution in [0.5, 0.6) is 5.75 Å². The molecule has 0 radical (unpaired) electrons. The van der Waals surface area contributed by atoms with Gasteiger partial charge in [0, 0.05) is 24.2 Å². The molecule has 1 aliphatic rings. The smallest absolute Gasteiger partial charge is 0.258 e. The highest BCUT2D eigenvalue weighted by molar-refractivity contribution is 5.96. The Morgan fingerprint density at radius 1 is 0.935 bits per heavy atom. The molecule has 2 aromatic carbocycles. The van der Waals surface area contributed by atoms with Crippen LogP contribution < -0.4 is 20.7 Å². The highest BCUT2D eigenvalue weighted by Gasteiger charge is 2.23. The van der Waals surface area contributed by atoms with Gasteiger partial charge in [0.05, 0.1) is 6.54 Å². The molecule has 3 amide bonds. The zero-order valence-corrected chi connectivity index (χ0v) is 16.8. The largest absolute Gasteiger partial charge is 0.484 e. The van der Waals surface area contributed by atoms with Crippen molar-refractivity contribution in [1.82, 2.24) is 16.0 Å². The Balaban J connectivity index is 1.33. The fourth-order valence-electron chi connectivity index (χ4n) is 2.75. The van der Waals surface area contributed by atoms with E-state index in [4.69, 9.17) is 4.74 Å². The van der Waals surface area contributed by atoms with Gasteiger partial charge in [0.25, 0.3) is 11.8 Å². The van der Waals surface area contributed by atoms with Gasteiger partial charge in [-0.3, -0.25) is 14.4 Å². The van der Waals surface area contributed by atoms with E-state index in [9.17, 15) is 23.2 Å². The molecule has 0 aromatic heterocycles. The van der Waals surface area contributed by atoms with E-state index in [1.807, 2.05) is 12.1 Å². The number of halogens is 2. The van der Waals surface area contributed by atoms with E-state index in [-0.39, 0.29) is 24.6 Å². The van der Waals surface area contributed by atoms with Crippen molar-refractivity contribution in [3.63, 3.8) is 0 Å². The lowest BCUT2D eigenvalue weighted by Crippen LogP contribution is -2.37. The third-order valence-electron chi connectivity index (χ3n) is 4.51. The summed E-state index contributed by atoms with van der Waals surface area (Å²) in [5.74, 6) is -2.46. The van der Waals surface area contributed by atoms with Crippen molar-refractivity contribution >= 4 is 17.7 Å². The highest BCUT2D eigenvalue weighted by atomic mass is 19.1. The molecule has 3 N–H and O–H groups in total. The lowest BCUT2D eigenvalue weighted by molar-refractivity contribution is -0.123. The second-order valence-electron chi connectivity index (χ2n) is 7.22. The van der Waals surface area contributed by atoms with Gasteiger partial charge in [-0.25, -0.2) is 8.78 Å². The van der Waals surface area contributed by atoms with Crippen molar-refractivity contribution in [2.75, 3.05) is 19.7 Å². The van der Waals surface area contributed by atoms with Crippen molar-refractivity contribution in [1.29, 1.82) is 0 Å². The first-order chi connectivity index (χ1) is 14.9. The third-order valence-corrected chi connectivity index (χ3v) is 4.51. The number of benzene rings is 2. The van der Waals surface area contributed by atoms with E-state index >= 15 is 0 Å². The van der Waals surface area contributed by atoms with Gasteiger partial charge in [0.1, 0.15) is 17.4 Å². The maximum Gasteiger partial charge on any atom is 0.258 e. The highest BCUT2D eigenvalue weighted by Crippen LogP contribution is 2.18. The topological polar surface area (TPSA) is 96.5 Å². The van der Waals surface area contributed by atoms with E-state index < -0.39 is 23.4 Å². The van der Waals surface area contributed by atoms with Gasteiger partial charge in [-0.1, -0.05) is 12.1 Å². The molecule has 0 unspecified atom stereocenters. The number of amides is 3. The minimum absolute atomic E-state index is 0.0279. The molecular formula is C22H23F2N3O4. The Bertz CT molecular complexity index is 926. The number of hydrogen-bond donors (Lipinski definition) is 3. The molecule has 1 saturated carbocycles. The Morgan fingerprint density at radius 2 is 1.61 bits per heavy atom. The van der Waals surface area contributed by atoms with Crippen LogP contribution in [0, 0.1) is 11.6 Å². The normalized spacial score (nSPS) is 12.7. The predicted molar refractivity (Wildman–Crippen MR) is 109 cm³/mol. The van der Waals surface area contributed by atoms with E-state index in [0.717, 1.165) is 30.5 Å². The summed E-state index contributed by atoms with van der Waals surface area (Å²) in [6, 6.07) is 9.91. The number of hydrogen-bond acceptors (Lipinski definition) is 4. The van der Waals surface area contributed by atoms with E-state index in [0.29, 0.717) is 30.8 Å². The predicted octanol–water partition coefficient (Wildman–Crippen LogP) is 1.71. The lowest BCUT2D eigenvalue weighted by atomic mass is 10.1. The molecular weight excluding hydrogens is 408 g/mol. The molecule has 0 heterocycles. The summed E-state index contributed by atoms with van der Waals surface area (Å²) >= 11 is 0. The molecule has 0 atom stereocenters. The maximum absolute atomic E-state index is 13.1. The SMILES string of the molecule is O=C(CNC(=O)c1cc(F)cc(F)c1)NCCc1ccc(OCC(=O)NC2CC2)cc1. The van der Waals surface area contributed by atoms with Gasteiger partial charge in [-0.15, -0.1) is 0 Å². The van der Waals surface area contributed by atoms with Crippen LogP contribution in [0.2, 0.25) is 0 Å². The first kappa shape index (κ1) is 22.2. The van der Waals surface area contributed by atoms with Crippen LogP contribution in [0.25, 0.3) is 0 Å². The molecule has 9 heteroatoms. The molecule has 31 heavy (non-hydrogen) atoms. The molecule has 1 fully saturated rings. The van der Waals surface area contributed by atoms with Gasteiger partial charge in [-0.05, 0) is 49.1 Å². The summed E-state index contributed by atoms with van der Waals surface area (Å²) in [5.41, 5.74) is 0.756. The van der Waals surface area contributed by atoms with E-state index in [1.165, 1.54) is 0 Å². The third kappa shape index (κ3) is 7.69. The molecule has 2 aromatic rings. The molecule has 0 aliphatic heterocycles. The fourth-order valence-corrected chi connectivity index (χ4v) is 2.75. The zero-order valence-electron chi connectivity index (χ0n) is 16.8. The molecule has 0 saturated heterocycles. The van der Waals surface area contributed by atoms with Crippen molar-refractivity contribution in [3.8, 4) is 5.75 Å². The average Bonchev–Trinajstić information content (AvgIpc) is 3.54. The molecule has 0 bridgehead atoms. The van der Waals surface area contributed by atoms with Crippen molar-refractivity contribution in [2.24, 2.45) is 0 Å². The Morgan fingerprint density at radius 3 is 2.26 bits per heavy atom. The monoisotopic (exact) mass is 431 g/mol. The van der Waals surface area contributed by atoms with Crippen molar-refractivity contribution < 1.29 is 27.9 Å². The summed E-state index contributed by atoms with van der Waals surface area (Å²) in [4.78, 5) is 35.3. The number of rotatable bonds is 10. The molecule has 1 aliphatic carbocycles. The number of nitrogens with one attached hydrogen (secondary N) is 3. The second kappa shape index (κ2) is 10.5. The van der Waals surface area contributed by atoms with E-state index in [2.05, 4.69) is 16.0 Å². The Labute approximate surface area is 178 Å². The second-order valence-corrected chi connectivity index (χ2v) is 7.22. The van der Waals surface area contributed by atoms with Crippen molar-refractivity contribution in [3.05, 3.63) is 65.2 Å². The van der Waals surface area contributed by atoms with E-state index in [1.54, 1.807) is 12.1 Å². The molecule has 3 rings (SSSR count). The number of carbonyl (C=O) groups is 3. The Kier molecular flexibility index (Phi) is 7.53. The number of carbonyl (C=O) groups excluding carboxylic acids is 3. The molecule has 0 spiro atoms. The van der Waals surface area contributed by atoms with Crippen LogP contribution >= 0.6 is 0 Å². The minimum atomic E-state index is -0.868. The van der Waals surface area contributed by atoms with Crippen LogP contribution in [-0.4, -0.2) is 43.5 Å². The molecule has 7 nitrogen and oxygen atoms in total. The standard InChI is InChI=1S/C22H23F2N3O4/c23-16-9-15(10-17(24)11-16)22(30)26-12-20(28)25-8-7-14-1-5-19(6-2-14)31-13-21(29)27-18-3-4-18/h1-2,5-6,9-11,18H,3-4,7-8,12-13H2,(H,25,28)(H,26,30)(H,27,29). The van der Waals surface area contributed by atoms with Crippen LogP contribution in [-0.2, 0) is 16.0 Å². The van der Waals surface area contributed by atoms with Gasteiger partial charge in [0.15, 0.2) is 6.61 Å². The van der Waals surface area contributed by atoms with Gasteiger partial charge >= 0.3 is 0 Å². The number of ether oxygens (including phenoxy) is 1. The fraction of sp³-hybridized carbons (Fsp3) is 0.318.